The third kappa shape index (κ3) is 3.92. The quantitative estimate of drug-likeness (QED) is 0.469. The highest BCUT2D eigenvalue weighted by atomic mass is 32.2. The first-order valence-corrected chi connectivity index (χ1v) is 11.3. The topological polar surface area (TPSA) is 107 Å². The molecule has 8 heteroatoms. The van der Waals surface area contributed by atoms with Crippen LogP contribution in [0.25, 0.3) is 0 Å². The summed E-state index contributed by atoms with van der Waals surface area (Å²) in [5.41, 5.74) is 0.926. The zero-order chi connectivity index (χ0) is 22.9. The fraction of sp³-hybridized carbons (Fsp3) is 0.125. The SMILES string of the molecule is C[C@H](NC(=O)COC(=O)c1ccc2c(c1)S(=O)(=O)c1ccccc1C2=O)c1ccccc1. The fourth-order valence-electron chi connectivity index (χ4n) is 3.53. The molecule has 0 bridgehead atoms. The first-order chi connectivity index (χ1) is 15.3. The third-order valence-electron chi connectivity index (χ3n) is 5.18. The number of fused-ring (bicyclic) bond motifs is 2. The van der Waals surface area contributed by atoms with Gasteiger partial charge in [-0.25, -0.2) is 13.2 Å². The Kier molecular flexibility index (Phi) is 5.63. The van der Waals surface area contributed by atoms with Crippen molar-refractivity contribution >= 4 is 27.5 Å². The second kappa shape index (κ2) is 8.39. The second-order valence-corrected chi connectivity index (χ2v) is 9.20. The van der Waals surface area contributed by atoms with E-state index in [1.54, 1.807) is 13.0 Å². The van der Waals surface area contributed by atoms with Crippen molar-refractivity contribution in [3.8, 4) is 0 Å². The number of ketones is 1. The van der Waals surface area contributed by atoms with E-state index < -0.39 is 34.1 Å². The number of rotatable bonds is 5. The monoisotopic (exact) mass is 449 g/mol. The highest BCUT2D eigenvalue weighted by Gasteiger charge is 2.35. The number of ether oxygens (including phenoxy) is 1. The van der Waals surface area contributed by atoms with Crippen LogP contribution in [0.4, 0.5) is 0 Å². The molecular formula is C24H19NO6S. The molecule has 1 N–H and O–H groups in total. The minimum atomic E-state index is -3.98. The van der Waals surface area contributed by atoms with E-state index in [0.717, 1.165) is 11.6 Å². The Morgan fingerprint density at radius 2 is 1.56 bits per heavy atom. The molecule has 1 aliphatic heterocycles. The highest BCUT2D eigenvalue weighted by Crippen LogP contribution is 2.34. The lowest BCUT2D eigenvalue weighted by atomic mass is 10.0. The molecule has 7 nitrogen and oxygen atoms in total. The molecule has 0 unspecified atom stereocenters. The number of nitrogens with one attached hydrogen (secondary N) is 1. The highest BCUT2D eigenvalue weighted by molar-refractivity contribution is 7.91. The molecular weight excluding hydrogens is 430 g/mol. The van der Waals surface area contributed by atoms with Gasteiger partial charge in [0.1, 0.15) is 0 Å². The van der Waals surface area contributed by atoms with Crippen LogP contribution in [0.15, 0.2) is 82.6 Å². The zero-order valence-electron chi connectivity index (χ0n) is 17.1. The molecule has 1 aliphatic rings. The maximum atomic E-state index is 13.0. The van der Waals surface area contributed by atoms with Crippen LogP contribution in [-0.4, -0.2) is 32.7 Å². The van der Waals surface area contributed by atoms with Crippen LogP contribution in [0.2, 0.25) is 0 Å². The summed E-state index contributed by atoms with van der Waals surface area (Å²) in [4.78, 5) is 36.9. The molecule has 32 heavy (non-hydrogen) atoms. The van der Waals surface area contributed by atoms with Gasteiger partial charge in [0.05, 0.1) is 21.4 Å². The number of benzene rings is 3. The summed E-state index contributed by atoms with van der Waals surface area (Å²) in [6.45, 7) is 1.28. The van der Waals surface area contributed by atoms with E-state index >= 15 is 0 Å². The largest absolute Gasteiger partial charge is 0.452 e. The van der Waals surface area contributed by atoms with E-state index in [0.29, 0.717) is 0 Å². The molecule has 3 aromatic rings. The lowest BCUT2D eigenvalue weighted by Crippen LogP contribution is -2.31. The van der Waals surface area contributed by atoms with Gasteiger partial charge in [-0.2, -0.15) is 0 Å². The smallest absolute Gasteiger partial charge is 0.338 e. The van der Waals surface area contributed by atoms with Gasteiger partial charge >= 0.3 is 5.97 Å². The number of hydrogen-bond donors (Lipinski definition) is 1. The first-order valence-electron chi connectivity index (χ1n) is 9.83. The second-order valence-electron chi connectivity index (χ2n) is 7.32. The molecule has 0 saturated heterocycles. The van der Waals surface area contributed by atoms with E-state index in [-0.39, 0.29) is 32.5 Å². The average molecular weight is 449 g/mol. The van der Waals surface area contributed by atoms with Crippen molar-refractivity contribution in [3.05, 3.63) is 95.1 Å². The molecule has 3 aromatic carbocycles. The van der Waals surface area contributed by atoms with E-state index in [1.165, 1.54) is 30.3 Å². The predicted molar refractivity (Wildman–Crippen MR) is 115 cm³/mol. The van der Waals surface area contributed by atoms with Gasteiger partial charge in [-0.15, -0.1) is 0 Å². The van der Waals surface area contributed by atoms with Crippen molar-refractivity contribution in [3.63, 3.8) is 0 Å². The Morgan fingerprint density at radius 1 is 0.906 bits per heavy atom. The number of esters is 1. The van der Waals surface area contributed by atoms with Crippen molar-refractivity contribution in [2.75, 3.05) is 6.61 Å². The molecule has 0 aromatic heterocycles. The minimum absolute atomic E-state index is 0.00493. The average Bonchev–Trinajstić information content (AvgIpc) is 2.81. The van der Waals surface area contributed by atoms with Gasteiger partial charge in [0.2, 0.25) is 9.84 Å². The van der Waals surface area contributed by atoms with Crippen LogP contribution < -0.4 is 5.32 Å². The van der Waals surface area contributed by atoms with Crippen LogP contribution in [0.3, 0.4) is 0 Å². The van der Waals surface area contributed by atoms with E-state index in [2.05, 4.69) is 5.32 Å². The molecule has 1 heterocycles. The van der Waals surface area contributed by atoms with Crippen LogP contribution in [0.5, 0.6) is 0 Å². The summed E-state index contributed by atoms with van der Waals surface area (Å²) in [6.07, 6.45) is 0. The molecule has 0 spiro atoms. The normalized spacial score (nSPS) is 14.6. The summed E-state index contributed by atoms with van der Waals surface area (Å²) in [6, 6.07) is 18.7. The molecule has 4 rings (SSSR count). The van der Waals surface area contributed by atoms with Gasteiger partial charge in [0, 0.05) is 11.1 Å². The minimum Gasteiger partial charge on any atom is -0.452 e. The van der Waals surface area contributed by atoms with Crippen LogP contribution in [-0.2, 0) is 19.4 Å². The molecule has 0 saturated carbocycles. The number of sulfone groups is 1. The van der Waals surface area contributed by atoms with Gasteiger partial charge < -0.3 is 10.1 Å². The van der Waals surface area contributed by atoms with Crippen LogP contribution in [0, 0.1) is 0 Å². The summed E-state index contributed by atoms with van der Waals surface area (Å²) in [5, 5.41) is 2.73. The lowest BCUT2D eigenvalue weighted by Gasteiger charge is -2.19. The van der Waals surface area contributed by atoms with Crippen molar-refractivity contribution < 1.29 is 27.5 Å². The van der Waals surface area contributed by atoms with Crippen LogP contribution >= 0.6 is 0 Å². The molecule has 0 aliphatic carbocycles. The Labute approximate surface area is 185 Å². The molecule has 0 radical (unpaired) electrons. The maximum absolute atomic E-state index is 13.0. The standard InChI is InChI=1S/C24H19NO6S/c1-15(16-7-3-2-4-8-16)25-22(26)14-31-24(28)17-11-12-19-21(13-17)32(29,30)20-10-6-5-9-18(20)23(19)27/h2-13,15H,14H2,1H3,(H,25,26)/t15-/m0/s1. The Hall–Kier alpha value is -3.78. The van der Waals surface area contributed by atoms with Gasteiger partial charge in [-0.3, -0.25) is 9.59 Å². The van der Waals surface area contributed by atoms with Crippen LogP contribution in [0.1, 0.15) is 44.8 Å². The molecule has 1 atom stereocenters. The van der Waals surface area contributed by atoms with Gasteiger partial charge in [-0.1, -0.05) is 42.5 Å². The number of amides is 1. The number of carbonyl (C=O) groups excluding carboxylic acids is 3. The van der Waals surface area contributed by atoms with Gasteiger partial charge in [-0.05, 0) is 42.8 Å². The van der Waals surface area contributed by atoms with E-state index in [9.17, 15) is 22.8 Å². The Morgan fingerprint density at radius 3 is 2.31 bits per heavy atom. The molecule has 0 fully saturated rings. The zero-order valence-corrected chi connectivity index (χ0v) is 17.9. The first kappa shape index (κ1) is 21.5. The van der Waals surface area contributed by atoms with E-state index in [1.807, 2.05) is 30.3 Å². The molecule has 1 amide bonds. The van der Waals surface area contributed by atoms with Gasteiger partial charge in [0.15, 0.2) is 12.4 Å². The summed E-state index contributed by atoms with van der Waals surface area (Å²) < 4.78 is 31.0. The van der Waals surface area contributed by atoms with E-state index in [4.69, 9.17) is 4.74 Å². The number of hydrogen-bond acceptors (Lipinski definition) is 6. The fourth-order valence-corrected chi connectivity index (χ4v) is 5.21. The molecule has 162 valence electrons. The third-order valence-corrected chi connectivity index (χ3v) is 7.04. The summed E-state index contributed by atoms with van der Waals surface area (Å²) in [5.74, 6) is -1.79. The number of carbonyl (C=O) groups is 3. The van der Waals surface area contributed by atoms with Gasteiger partial charge in [0.25, 0.3) is 5.91 Å². The Bertz CT molecular complexity index is 1330. The summed E-state index contributed by atoms with van der Waals surface area (Å²) >= 11 is 0. The maximum Gasteiger partial charge on any atom is 0.338 e. The van der Waals surface area contributed by atoms with Crippen molar-refractivity contribution in [2.45, 2.75) is 22.8 Å². The summed E-state index contributed by atoms with van der Waals surface area (Å²) in [7, 11) is -3.98. The van der Waals surface area contributed by atoms with Crippen molar-refractivity contribution in [1.82, 2.24) is 5.32 Å². The Balaban J connectivity index is 1.48. The van der Waals surface area contributed by atoms with Crippen molar-refractivity contribution in [1.29, 1.82) is 0 Å². The predicted octanol–water partition coefficient (Wildman–Crippen LogP) is 3.10. The van der Waals surface area contributed by atoms with Crippen molar-refractivity contribution in [2.24, 2.45) is 0 Å². The lowest BCUT2D eigenvalue weighted by molar-refractivity contribution is -0.124.